The topological polar surface area (TPSA) is 84.0 Å². The molecule has 0 spiro atoms. The van der Waals surface area contributed by atoms with Crippen molar-refractivity contribution in [2.75, 3.05) is 0 Å². The number of ketones is 1. The molecule has 1 rings (SSSR count). The van der Waals surface area contributed by atoms with Gasteiger partial charge in [0.1, 0.15) is 0 Å². The molecule has 0 saturated heterocycles. The van der Waals surface area contributed by atoms with Crippen molar-refractivity contribution in [1.29, 1.82) is 5.26 Å². The van der Waals surface area contributed by atoms with E-state index in [9.17, 15) is 14.9 Å². The van der Waals surface area contributed by atoms with Crippen molar-refractivity contribution in [1.82, 2.24) is 0 Å². The normalized spacial score (nSPS) is 9.40. The van der Waals surface area contributed by atoms with Gasteiger partial charge in [0, 0.05) is 17.2 Å². The summed E-state index contributed by atoms with van der Waals surface area (Å²) in [5.74, 6) is -0.340. The molecule has 0 heterocycles. The first-order valence-electron chi connectivity index (χ1n) is 4.18. The van der Waals surface area contributed by atoms with Crippen LogP contribution in [-0.2, 0) is 0 Å². The van der Waals surface area contributed by atoms with Gasteiger partial charge in [-0.1, -0.05) is 0 Å². The van der Waals surface area contributed by atoms with Crippen molar-refractivity contribution in [2.45, 2.75) is 13.8 Å². The van der Waals surface area contributed by atoms with Crippen LogP contribution in [0.2, 0.25) is 0 Å². The van der Waals surface area contributed by atoms with Crippen LogP contribution >= 0.6 is 0 Å². The van der Waals surface area contributed by atoms with Crippen molar-refractivity contribution in [3.63, 3.8) is 0 Å². The lowest BCUT2D eigenvalue weighted by molar-refractivity contribution is -0.385. The number of carbonyl (C=O) groups is 1. The standard InChI is InChI=1S/C10H8N2O3/c1-6-9(12(14)15)4-3-8(5-11)10(6)7(2)13/h3-4H,1-2H3. The highest BCUT2D eigenvalue weighted by Crippen LogP contribution is 2.24. The van der Waals surface area contributed by atoms with Crippen molar-refractivity contribution >= 4 is 11.5 Å². The molecule has 0 aliphatic carbocycles. The predicted molar refractivity (Wildman–Crippen MR) is 52.6 cm³/mol. The minimum atomic E-state index is -0.567. The second kappa shape index (κ2) is 3.88. The van der Waals surface area contributed by atoms with Gasteiger partial charge in [-0.25, -0.2) is 0 Å². The highest BCUT2D eigenvalue weighted by Gasteiger charge is 2.19. The van der Waals surface area contributed by atoms with Gasteiger partial charge in [-0.2, -0.15) is 5.26 Å². The summed E-state index contributed by atoms with van der Waals surface area (Å²) in [4.78, 5) is 21.3. The van der Waals surface area contributed by atoms with Crippen LogP contribution in [0.15, 0.2) is 12.1 Å². The molecule has 0 saturated carbocycles. The molecule has 0 aromatic heterocycles. The molecule has 0 fully saturated rings. The van der Waals surface area contributed by atoms with E-state index in [1.165, 1.54) is 26.0 Å². The molecule has 15 heavy (non-hydrogen) atoms. The average molecular weight is 204 g/mol. The third-order valence-corrected chi connectivity index (χ3v) is 2.11. The maximum Gasteiger partial charge on any atom is 0.273 e. The van der Waals surface area contributed by atoms with E-state index in [1.54, 1.807) is 0 Å². The number of nitro groups is 1. The van der Waals surface area contributed by atoms with E-state index in [0.29, 0.717) is 0 Å². The number of nitriles is 1. The van der Waals surface area contributed by atoms with E-state index in [1.807, 2.05) is 6.07 Å². The first kappa shape index (κ1) is 10.9. The van der Waals surface area contributed by atoms with Gasteiger partial charge in [-0.05, 0) is 19.9 Å². The Morgan fingerprint density at radius 1 is 1.53 bits per heavy atom. The Kier molecular flexibility index (Phi) is 2.81. The molecule has 0 unspecified atom stereocenters. The van der Waals surface area contributed by atoms with Crippen LogP contribution in [0.5, 0.6) is 0 Å². The zero-order valence-electron chi connectivity index (χ0n) is 8.27. The van der Waals surface area contributed by atoms with Crippen molar-refractivity contribution in [2.24, 2.45) is 0 Å². The van der Waals surface area contributed by atoms with Crippen LogP contribution in [0.3, 0.4) is 0 Å². The van der Waals surface area contributed by atoms with Crippen LogP contribution < -0.4 is 0 Å². The number of nitro benzene ring substituents is 1. The van der Waals surface area contributed by atoms with E-state index < -0.39 is 4.92 Å². The number of rotatable bonds is 2. The zero-order valence-corrected chi connectivity index (χ0v) is 8.27. The van der Waals surface area contributed by atoms with Gasteiger partial charge in [0.05, 0.1) is 16.6 Å². The molecular formula is C10H8N2O3. The molecule has 1 aromatic rings. The molecule has 1 aromatic carbocycles. The fourth-order valence-electron chi connectivity index (χ4n) is 1.45. The Balaban J connectivity index is 3.58. The number of benzene rings is 1. The predicted octanol–water partition coefficient (Wildman–Crippen LogP) is 1.98. The Morgan fingerprint density at radius 3 is 2.53 bits per heavy atom. The molecule has 0 aliphatic heterocycles. The molecule has 0 N–H and O–H groups in total. The second-order valence-corrected chi connectivity index (χ2v) is 3.06. The van der Waals surface area contributed by atoms with Crippen LogP contribution in [0.1, 0.15) is 28.4 Å². The molecule has 0 radical (unpaired) electrons. The third kappa shape index (κ3) is 1.83. The monoisotopic (exact) mass is 204 g/mol. The van der Waals surface area contributed by atoms with Crippen molar-refractivity contribution in [3.8, 4) is 6.07 Å². The van der Waals surface area contributed by atoms with Crippen LogP contribution in [0, 0.1) is 28.4 Å². The van der Waals surface area contributed by atoms with Crippen LogP contribution in [0.4, 0.5) is 5.69 Å². The molecule has 5 heteroatoms. The van der Waals surface area contributed by atoms with E-state index in [0.717, 1.165) is 0 Å². The second-order valence-electron chi connectivity index (χ2n) is 3.06. The summed E-state index contributed by atoms with van der Waals surface area (Å²) in [5, 5.41) is 19.4. The van der Waals surface area contributed by atoms with Gasteiger partial charge < -0.3 is 0 Å². The summed E-state index contributed by atoms with van der Waals surface area (Å²) in [5.41, 5.74) is 0.406. The Morgan fingerprint density at radius 2 is 2.13 bits per heavy atom. The lowest BCUT2D eigenvalue weighted by Gasteiger charge is -2.04. The van der Waals surface area contributed by atoms with E-state index in [-0.39, 0.29) is 28.2 Å². The quantitative estimate of drug-likeness (QED) is 0.418. The Bertz CT molecular complexity index is 486. The molecule has 0 aliphatic rings. The van der Waals surface area contributed by atoms with Crippen molar-refractivity contribution < 1.29 is 9.72 Å². The first-order chi connectivity index (χ1) is 6.99. The fourth-order valence-corrected chi connectivity index (χ4v) is 1.45. The highest BCUT2D eigenvalue weighted by atomic mass is 16.6. The SMILES string of the molecule is CC(=O)c1c(C#N)ccc([N+](=O)[O-])c1C. The lowest BCUT2D eigenvalue weighted by Crippen LogP contribution is -2.03. The number of Topliss-reactive ketones (excluding diaryl/α,β-unsaturated/α-hetero) is 1. The Labute approximate surface area is 86.1 Å². The van der Waals surface area contributed by atoms with Gasteiger partial charge in [-0.3, -0.25) is 14.9 Å². The largest absolute Gasteiger partial charge is 0.294 e. The molecule has 0 bridgehead atoms. The molecule has 0 atom stereocenters. The smallest absolute Gasteiger partial charge is 0.273 e. The van der Waals surface area contributed by atoms with E-state index >= 15 is 0 Å². The summed E-state index contributed by atoms with van der Waals surface area (Å²) >= 11 is 0. The first-order valence-corrected chi connectivity index (χ1v) is 4.18. The fraction of sp³-hybridized carbons (Fsp3) is 0.200. The Hall–Kier alpha value is -2.22. The number of carbonyl (C=O) groups excluding carboxylic acids is 1. The van der Waals surface area contributed by atoms with Crippen molar-refractivity contribution in [3.05, 3.63) is 38.9 Å². The number of hydrogen-bond acceptors (Lipinski definition) is 4. The minimum absolute atomic E-state index is 0.131. The lowest BCUT2D eigenvalue weighted by atomic mass is 9.98. The maximum absolute atomic E-state index is 11.2. The number of hydrogen-bond donors (Lipinski definition) is 0. The average Bonchev–Trinajstić information content (AvgIpc) is 2.15. The van der Waals surface area contributed by atoms with Gasteiger partial charge in [0.2, 0.25) is 0 Å². The third-order valence-electron chi connectivity index (χ3n) is 2.11. The summed E-state index contributed by atoms with van der Waals surface area (Å²) in [6.07, 6.45) is 0. The van der Waals surface area contributed by atoms with E-state index in [4.69, 9.17) is 5.26 Å². The zero-order chi connectivity index (χ0) is 11.6. The van der Waals surface area contributed by atoms with Gasteiger partial charge in [0.25, 0.3) is 5.69 Å². The van der Waals surface area contributed by atoms with Gasteiger partial charge in [-0.15, -0.1) is 0 Å². The summed E-state index contributed by atoms with van der Waals surface area (Å²) < 4.78 is 0. The summed E-state index contributed by atoms with van der Waals surface area (Å²) in [6.45, 7) is 2.75. The van der Waals surface area contributed by atoms with E-state index in [2.05, 4.69) is 0 Å². The van der Waals surface area contributed by atoms with Gasteiger partial charge in [0.15, 0.2) is 5.78 Å². The molecule has 0 amide bonds. The maximum atomic E-state index is 11.2. The summed E-state index contributed by atoms with van der Waals surface area (Å²) in [6, 6.07) is 4.37. The van der Waals surface area contributed by atoms with Gasteiger partial charge >= 0.3 is 0 Å². The number of nitrogens with zero attached hydrogens (tertiary/aromatic N) is 2. The molecular weight excluding hydrogens is 196 g/mol. The van der Waals surface area contributed by atoms with Crippen LogP contribution in [0.25, 0.3) is 0 Å². The molecule has 5 nitrogen and oxygen atoms in total. The summed E-state index contributed by atoms with van der Waals surface area (Å²) in [7, 11) is 0. The minimum Gasteiger partial charge on any atom is -0.294 e. The molecule has 76 valence electrons. The highest BCUT2D eigenvalue weighted by molar-refractivity contribution is 5.98. The van der Waals surface area contributed by atoms with Crippen LogP contribution in [-0.4, -0.2) is 10.7 Å².